The zero-order valence-electron chi connectivity index (χ0n) is 15.7. The first-order valence-electron chi connectivity index (χ1n) is 9.07. The zero-order valence-corrected chi connectivity index (χ0v) is 16.5. The molecule has 1 aromatic heterocycles. The molecule has 0 radical (unpaired) electrons. The summed E-state index contributed by atoms with van der Waals surface area (Å²) >= 11 is 0. The number of hydrogen-bond acceptors (Lipinski definition) is 4. The van der Waals surface area contributed by atoms with Gasteiger partial charge in [-0.3, -0.25) is 0 Å². The maximum absolute atomic E-state index is 12.1. The summed E-state index contributed by atoms with van der Waals surface area (Å²) in [4.78, 5) is 0. The average molecular weight is 397 g/mol. The number of nitrogens with two attached hydrogens (primary N) is 1. The van der Waals surface area contributed by atoms with Gasteiger partial charge in [-0.1, -0.05) is 12.1 Å². The van der Waals surface area contributed by atoms with Gasteiger partial charge in [0.15, 0.2) is 0 Å². The van der Waals surface area contributed by atoms with Crippen LogP contribution in [-0.4, -0.2) is 33.2 Å². The smallest absolute Gasteiger partial charge is 0.393 e. The fraction of sp³-hybridized carbons (Fsp3) is 0.250. The molecule has 0 bridgehead atoms. The van der Waals surface area contributed by atoms with Crippen molar-refractivity contribution >= 4 is 26.8 Å². The molecule has 0 unspecified atom stereocenters. The van der Waals surface area contributed by atoms with Crippen LogP contribution in [0.4, 0.5) is 5.69 Å². The predicted molar refractivity (Wildman–Crippen MR) is 107 cm³/mol. The molecule has 8 heteroatoms. The summed E-state index contributed by atoms with van der Waals surface area (Å²) in [5.41, 5.74) is 3.88. The highest BCUT2D eigenvalue weighted by Crippen LogP contribution is 2.36. The van der Waals surface area contributed by atoms with Crippen molar-refractivity contribution in [3.05, 3.63) is 48.0 Å². The number of ether oxygens (including phenoxy) is 1. The molecule has 7 nitrogen and oxygen atoms in total. The number of anilines is 1. The van der Waals surface area contributed by atoms with Gasteiger partial charge in [-0.15, -0.1) is 0 Å². The molecule has 0 atom stereocenters. The summed E-state index contributed by atoms with van der Waals surface area (Å²) in [6, 6.07) is 15.4. The van der Waals surface area contributed by atoms with E-state index >= 15 is 0 Å². The Balaban J connectivity index is 1.86. The topological polar surface area (TPSA) is 91.9 Å². The number of methoxy groups -OCH3 is 1. The summed E-state index contributed by atoms with van der Waals surface area (Å²) in [6.45, 7) is 3.71. The van der Waals surface area contributed by atoms with E-state index in [-0.39, 0.29) is 0 Å². The van der Waals surface area contributed by atoms with Gasteiger partial charge in [0.2, 0.25) is 0 Å². The van der Waals surface area contributed by atoms with Crippen LogP contribution < -0.4 is 13.8 Å². The molecule has 4 rings (SSSR count). The number of aromatic nitrogens is 1. The number of fused-ring (bicyclic) bond motifs is 1. The van der Waals surface area contributed by atoms with E-state index in [1.165, 1.54) is 9.03 Å². The molecule has 0 spiro atoms. The van der Waals surface area contributed by atoms with Crippen molar-refractivity contribution in [3.63, 3.8) is 0 Å². The van der Waals surface area contributed by atoms with Crippen LogP contribution in [0, 0.1) is 11.3 Å². The summed E-state index contributed by atoms with van der Waals surface area (Å²) in [6.07, 6.45) is 0. The molecule has 2 N–H and O–H groups in total. The van der Waals surface area contributed by atoms with E-state index in [2.05, 4.69) is 10.6 Å². The van der Waals surface area contributed by atoms with Crippen LogP contribution in [0.3, 0.4) is 0 Å². The Hall–Kier alpha value is -3.02. The molecule has 144 valence electrons. The van der Waals surface area contributed by atoms with E-state index in [9.17, 15) is 13.7 Å². The van der Waals surface area contributed by atoms with Crippen molar-refractivity contribution < 1.29 is 17.9 Å². The number of rotatable bonds is 4. The van der Waals surface area contributed by atoms with Gasteiger partial charge in [0.25, 0.3) is 0 Å². The molecular weight excluding hydrogens is 376 g/mol. The van der Waals surface area contributed by atoms with Crippen molar-refractivity contribution in [2.24, 2.45) is 0 Å². The third-order valence-electron chi connectivity index (χ3n) is 5.10. The van der Waals surface area contributed by atoms with Gasteiger partial charge >= 0.3 is 10.2 Å². The SMILES string of the molecule is CCn1c(-c2ccc(N3CC[NH2+]S3(=O)=O)cc2)c(C#N)c2ccc(OC)cc21. The van der Waals surface area contributed by atoms with Gasteiger partial charge in [-0.25, -0.2) is 9.03 Å². The minimum atomic E-state index is -3.33. The van der Waals surface area contributed by atoms with E-state index in [4.69, 9.17) is 4.74 Å². The summed E-state index contributed by atoms with van der Waals surface area (Å²) < 4.78 is 34.4. The van der Waals surface area contributed by atoms with Gasteiger partial charge in [0.05, 0.1) is 36.1 Å². The summed E-state index contributed by atoms with van der Waals surface area (Å²) in [5.74, 6) is 0.738. The van der Waals surface area contributed by atoms with Crippen molar-refractivity contribution in [2.45, 2.75) is 13.5 Å². The Kier molecular flexibility index (Phi) is 4.49. The molecule has 0 amide bonds. The van der Waals surface area contributed by atoms with Crippen LogP contribution >= 0.6 is 0 Å². The molecule has 1 aliphatic rings. The maximum Gasteiger partial charge on any atom is 0.393 e. The van der Waals surface area contributed by atoms with Crippen LogP contribution in [0.25, 0.3) is 22.2 Å². The highest BCUT2D eigenvalue weighted by molar-refractivity contribution is 7.86. The molecule has 28 heavy (non-hydrogen) atoms. The maximum atomic E-state index is 12.1. The second-order valence-electron chi connectivity index (χ2n) is 6.58. The largest absolute Gasteiger partial charge is 0.497 e. The molecule has 1 aliphatic heterocycles. The molecule has 2 heterocycles. The molecule has 1 saturated heterocycles. The van der Waals surface area contributed by atoms with Crippen LogP contribution in [0.1, 0.15) is 12.5 Å². The lowest BCUT2D eigenvalue weighted by Gasteiger charge is -2.14. The standard InChI is InChI=1S/C20H20N4O3S/c1-3-23-19-12-16(27-2)8-9-17(19)18(13-21)20(23)14-4-6-15(7-5-14)24-11-10-22-28(24,25)26/h4-9,12,22H,3,10-11H2,1-2H3/p+1. The lowest BCUT2D eigenvalue weighted by atomic mass is 10.1. The summed E-state index contributed by atoms with van der Waals surface area (Å²) in [5, 5.41) is 10.7. The first-order chi connectivity index (χ1) is 13.5. The molecular formula is C20H21N4O3S+. The molecule has 0 aliphatic carbocycles. The third-order valence-corrected chi connectivity index (χ3v) is 6.76. The lowest BCUT2D eigenvalue weighted by Crippen LogP contribution is -2.85. The second kappa shape index (κ2) is 6.86. The number of nitrogens with zero attached hydrogens (tertiary/aromatic N) is 3. The van der Waals surface area contributed by atoms with Gasteiger partial charge < -0.3 is 9.30 Å². The van der Waals surface area contributed by atoms with Crippen molar-refractivity contribution in [1.82, 2.24) is 4.57 Å². The van der Waals surface area contributed by atoms with Crippen molar-refractivity contribution in [3.8, 4) is 23.1 Å². The van der Waals surface area contributed by atoms with E-state index in [0.29, 0.717) is 30.9 Å². The second-order valence-corrected chi connectivity index (χ2v) is 8.39. The third kappa shape index (κ3) is 2.80. The average Bonchev–Trinajstić information content (AvgIpc) is 3.23. The van der Waals surface area contributed by atoms with Crippen LogP contribution in [0.5, 0.6) is 5.75 Å². The number of aryl methyl sites for hydroxylation is 1. The fourth-order valence-corrected chi connectivity index (χ4v) is 5.15. The first-order valence-corrected chi connectivity index (χ1v) is 10.6. The molecule has 3 aromatic rings. The van der Waals surface area contributed by atoms with Crippen LogP contribution in [0.2, 0.25) is 0 Å². The zero-order chi connectivity index (χ0) is 19.9. The Morgan fingerprint density at radius 2 is 1.96 bits per heavy atom. The van der Waals surface area contributed by atoms with Crippen molar-refractivity contribution in [1.29, 1.82) is 5.26 Å². The predicted octanol–water partition coefficient (Wildman–Crippen LogP) is 1.84. The number of hydrogen-bond donors (Lipinski definition) is 1. The molecule has 1 fully saturated rings. The molecule has 2 aromatic carbocycles. The minimum absolute atomic E-state index is 0.458. The number of nitriles is 1. The normalized spacial score (nSPS) is 15.7. The Morgan fingerprint density at radius 1 is 1.21 bits per heavy atom. The fourth-order valence-electron chi connectivity index (χ4n) is 3.80. The minimum Gasteiger partial charge on any atom is -0.497 e. The van der Waals surface area contributed by atoms with Crippen LogP contribution in [-0.2, 0) is 16.8 Å². The van der Waals surface area contributed by atoms with Gasteiger partial charge in [-0.2, -0.15) is 13.7 Å². The lowest BCUT2D eigenvalue weighted by molar-refractivity contribution is -0.483. The highest BCUT2D eigenvalue weighted by Gasteiger charge is 2.32. The van der Waals surface area contributed by atoms with E-state index in [0.717, 1.165) is 27.9 Å². The monoisotopic (exact) mass is 397 g/mol. The van der Waals surface area contributed by atoms with Gasteiger partial charge in [0.1, 0.15) is 18.4 Å². The summed E-state index contributed by atoms with van der Waals surface area (Å²) in [7, 11) is -1.71. The van der Waals surface area contributed by atoms with E-state index in [1.807, 2.05) is 37.3 Å². The Bertz CT molecular complexity index is 1190. The Labute approximate surface area is 163 Å². The quantitative estimate of drug-likeness (QED) is 0.727. The van der Waals surface area contributed by atoms with Gasteiger partial charge in [0, 0.05) is 18.0 Å². The van der Waals surface area contributed by atoms with Crippen molar-refractivity contribution in [2.75, 3.05) is 24.5 Å². The Morgan fingerprint density at radius 3 is 2.54 bits per heavy atom. The van der Waals surface area contributed by atoms with E-state index in [1.54, 1.807) is 19.2 Å². The first kappa shape index (κ1) is 18.3. The van der Waals surface area contributed by atoms with E-state index < -0.39 is 10.2 Å². The highest BCUT2D eigenvalue weighted by atomic mass is 32.2. The number of quaternary nitrogens is 1. The molecule has 0 saturated carbocycles. The van der Waals surface area contributed by atoms with Gasteiger partial charge in [-0.05, 0) is 36.8 Å². The number of benzene rings is 2. The van der Waals surface area contributed by atoms with Crippen LogP contribution in [0.15, 0.2) is 42.5 Å².